The number of anilines is 1. The predicted octanol–water partition coefficient (Wildman–Crippen LogP) is 1.41. The van der Waals surface area contributed by atoms with E-state index in [1.807, 2.05) is 6.92 Å². The van der Waals surface area contributed by atoms with E-state index in [2.05, 4.69) is 20.4 Å². The molecule has 0 bridgehead atoms. The van der Waals surface area contributed by atoms with Crippen LogP contribution in [0.25, 0.3) is 5.82 Å². The number of esters is 1. The van der Waals surface area contributed by atoms with Crippen LogP contribution in [-0.2, 0) is 4.74 Å². The van der Waals surface area contributed by atoms with Crippen molar-refractivity contribution >= 4 is 11.9 Å². The first-order chi connectivity index (χ1) is 9.65. The highest BCUT2D eigenvalue weighted by Gasteiger charge is 2.14. The first-order valence-corrected chi connectivity index (χ1v) is 6.14. The number of nitrogens with one attached hydrogen (secondary N) is 1. The predicted molar refractivity (Wildman–Crippen MR) is 69.2 cm³/mol. The minimum Gasteiger partial charge on any atom is -0.462 e. The Bertz CT molecular complexity index is 614. The molecule has 0 aliphatic heterocycles. The topological polar surface area (TPSA) is 81.9 Å². The zero-order chi connectivity index (χ0) is 14.5. The Hall–Kier alpha value is -2.51. The molecular weight excluding hydrogens is 265 g/mol. The van der Waals surface area contributed by atoms with E-state index in [0.717, 1.165) is 6.20 Å². The normalized spacial score (nSPS) is 10.3. The van der Waals surface area contributed by atoms with Crippen LogP contribution < -0.4 is 5.32 Å². The number of carbonyl (C=O) groups excluding carboxylic acids is 1. The highest BCUT2D eigenvalue weighted by molar-refractivity contribution is 5.88. The highest BCUT2D eigenvalue weighted by atomic mass is 19.1. The van der Waals surface area contributed by atoms with Crippen LogP contribution in [0.5, 0.6) is 0 Å². The van der Waals surface area contributed by atoms with E-state index in [0.29, 0.717) is 6.54 Å². The highest BCUT2D eigenvalue weighted by Crippen LogP contribution is 2.12. The smallest absolute Gasteiger partial charge is 0.341 e. The van der Waals surface area contributed by atoms with Gasteiger partial charge in [0.15, 0.2) is 11.6 Å². The molecule has 2 aromatic heterocycles. The molecule has 0 saturated heterocycles. The van der Waals surface area contributed by atoms with Gasteiger partial charge in [0, 0.05) is 12.7 Å². The van der Waals surface area contributed by atoms with Crippen LogP contribution in [0.4, 0.5) is 10.3 Å². The van der Waals surface area contributed by atoms with Crippen LogP contribution in [0, 0.1) is 5.82 Å². The molecule has 8 heteroatoms. The van der Waals surface area contributed by atoms with Crippen molar-refractivity contribution in [2.75, 3.05) is 18.5 Å². The minimum absolute atomic E-state index is 0.0356. The molecule has 0 aliphatic rings. The van der Waals surface area contributed by atoms with E-state index >= 15 is 0 Å². The van der Waals surface area contributed by atoms with Crippen molar-refractivity contribution in [1.82, 2.24) is 19.7 Å². The summed E-state index contributed by atoms with van der Waals surface area (Å²) in [7, 11) is 0. The van der Waals surface area contributed by atoms with Gasteiger partial charge >= 0.3 is 5.97 Å². The number of carbonyl (C=O) groups is 1. The molecule has 20 heavy (non-hydrogen) atoms. The SMILES string of the molecule is CCNc1ncc(F)c(-n2cc(C(=O)OCC)cn2)n1. The molecule has 0 radical (unpaired) electrons. The fraction of sp³-hybridized carbons (Fsp3) is 0.333. The summed E-state index contributed by atoms with van der Waals surface area (Å²) in [5.74, 6) is -0.895. The number of ether oxygens (including phenoxy) is 1. The van der Waals surface area contributed by atoms with Crippen molar-refractivity contribution in [1.29, 1.82) is 0 Å². The van der Waals surface area contributed by atoms with Gasteiger partial charge in [-0.05, 0) is 13.8 Å². The second-order valence-corrected chi connectivity index (χ2v) is 3.79. The lowest BCUT2D eigenvalue weighted by Gasteiger charge is -2.05. The lowest BCUT2D eigenvalue weighted by Crippen LogP contribution is -2.08. The Morgan fingerprint density at radius 2 is 2.25 bits per heavy atom. The van der Waals surface area contributed by atoms with Gasteiger partial charge in [0.2, 0.25) is 5.95 Å². The fourth-order valence-electron chi connectivity index (χ4n) is 1.52. The number of hydrogen-bond donors (Lipinski definition) is 1. The maximum absolute atomic E-state index is 13.7. The second-order valence-electron chi connectivity index (χ2n) is 3.79. The quantitative estimate of drug-likeness (QED) is 0.833. The number of aromatic nitrogens is 4. The first kappa shape index (κ1) is 13.9. The summed E-state index contributed by atoms with van der Waals surface area (Å²) in [5, 5.41) is 6.78. The third kappa shape index (κ3) is 2.90. The van der Waals surface area contributed by atoms with Gasteiger partial charge in [0.05, 0.1) is 24.6 Å². The Labute approximate surface area is 114 Å². The first-order valence-electron chi connectivity index (χ1n) is 6.14. The van der Waals surface area contributed by atoms with Crippen LogP contribution in [0.2, 0.25) is 0 Å². The van der Waals surface area contributed by atoms with Crippen molar-refractivity contribution in [2.24, 2.45) is 0 Å². The standard InChI is InChI=1S/C12H14FN5O2/c1-3-14-12-15-6-9(13)10(17-12)18-7-8(5-16-18)11(19)20-4-2/h5-7H,3-4H2,1-2H3,(H,14,15,17). The molecule has 0 saturated carbocycles. The van der Waals surface area contributed by atoms with Crippen LogP contribution >= 0.6 is 0 Å². The van der Waals surface area contributed by atoms with Gasteiger partial charge < -0.3 is 10.1 Å². The molecule has 0 aromatic carbocycles. The zero-order valence-corrected chi connectivity index (χ0v) is 11.1. The summed E-state index contributed by atoms with van der Waals surface area (Å²) < 4.78 is 19.7. The van der Waals surface area contributed by atoms with Gasteiger partial charge in [0.1, 0.15) is 0 Å². The van der Waals surface area contributed by atoms with Crippen molar-refractivity contribution in [2.45, 2.75) is 13.8 Å². The third-order valence-electron chi connectivity index (χ3n) is 2.37. The number of halogens is 1. The molecule has 0 atom stereocenters. The van der Waals surface area contributed by atoms with Crippen molar-refractivity contribution in [3.63, 3.8) is 0 Å². The molecule has 106 valence electrons. The molecule has 0 amide bonds. The molecule has 7 nitrogen and oxygen atoms in total. The molecule has 0 fully saturated rings. The summed E-state index contributed by atoms with van der Waals surface area (Å²) >= 11 is 0. The summed E-state index contributed by atoms with van der Waals surface area (Å²) in [6.45, 7) is 4.45. The van der Waals surface area contributed by atoms with Crippen LogP contribution in [0.15, 0.2) is 18.6 Å². The molecule has 2 heterocycles. The fourth-order valence-corrected chi connectivity index (χ4v) is 1.52. The second kappa shape index (κ2) is 6.09. The van der Waals surface area contributed by atoms with E-state index in [9.17, 15) is 9.18 Å². The minimum atomic E-state index is -0.634. The molecule has 1 N–H and O–H groups in total. The van der Waals surface area contributed by atoms with Gasteiger partial charge in [-0.1, -0.05) is 0 Å². The number of nitrogens with zero attached hydrogens (tertiary/aromatic N) is 4. The number of hydrogen-bond acceptors (Lipinski definition) is 6. The zero-order valence-electron chi connectivity index (χ0n) is 11.1. The average Bonchev–Trinajstić information content (AvgIpc) is 2.91. The summed E-state index contributed by atoms with van der Waals surface area (Å²) in [6.07, 6.45) is 3.71. The van der Waals surface area contributed by atoms with Gasteiger partial charge in [-0.2, -0.15) is 10.1 Å². The summed E-state index contributed by atoms with van der Waals surface area (Å²) in [6, 6.07) is 0. The van der Waals surface area contributed by atoms with Crippen LogP contribution in [0.3, 0.4) is 0 Å². The number of rotatable bonds is 5. The van der Waals surface area contributed by atoms with Gasteiger partial charge in [-0.15, -0.1) is 0 Å². The summed E-state index contributed by atoms with van der Waals surface area (Å²) in [4.78, 5) is 19.3. The largest absolute Gasteiger partial charge is 0.462 e. The van der Waals surface area contributed by atoms with E-state index in [1.165, 1.54) is 17.1 Å². The molecule has 2 rings (SSSR count). The Kier molecular flexibility index (Phi) is 4.24. The van der Waals surface area contributed by atoms with Gasteiger partial charge in [-0.3, -0.25) is 0 Å². The lowest BCUT2D eigenvalue weighted by atomic mass is 10.4. The van der Waals surface area contributed by atoms with Crippen molar-refractivity contribution in [3.8, 4) is 5.82 Å². The van der Waals surface area contributed by atoms with E-state index < -0.39 is 11.8 Å². The molecule has 0 unspecified atom stereocenters. The van der Waals surface area contributed by atoms with Crippen molar-refractivity contribution < 1.29 is 13.9 Å². The van der Waals surface area contributed by atoms with Crippen LogP contribution in [-0.4, -0.2) is 38.9 Å². The maximum Gasteiger partial charge on any atom is 0.341 e. The maximum atomic E-state index is 13.7. The molecule has 0 spiro atoms. The van der Waals surface area contributed by atoms with Crippen LogP contribution in [0.1, 0.15) is 24.2 Å². The van der Waals surface area contributed by atoms with E-state index in [-0.39, 0.29) is 23.9 Å². The van der Waals surface area contributed by atoms with E-state index in [4.69, 9.17) is 4.74 Å². The van der Waals surface area contributed by atoms with Crippen molar-refractivity contribution in [3.05, 3.63) is 30.0 Å². The summed E-state index contributed by atoms with van der Waals surface area (Å²) in [5.41, 5.74) is 0.231. The third-order valence-corrected chi connectivity index (χ3v) is 2.37. The van der Waals surface area contributed by atoms with Gasteiger partial charge in [-0.25, -0.2) is 18.9 Å². The Morgan fingerprint density at radius 3 is 2.95 bits per heavy atom. The van der Waals surface area contributed by atoms with Gasteiger partial charge in [0.25, 0.3) is 0 Å². The Balaban J connectivity index is 2.31. The average molecular weight is 279 g/mol. The molecule has 0 aliphatic carbocycles. The van der Waals surface area contributed by atoms with E-state index in [1.54, 1.807) is 6.92 Å². The Morgan fingerprint density at radius 1 is 1.45 bits per heavy atom. The monoisotopic (exact) mass is 279 g/mol. The lowest BCUT2D eigenvalue weighted by molar-refractivity contribution is 0.0526. The molecule has 2 aromatic rings. The molecular formula is C12H14FN5O2.